The summed E-state index contributed by atoms with van der Waals surface area (Å²) in [6, 6.07) is 10.6. The van der Waals surface area contributed by atoms with Gasteiger partial charge in [-0.25, -0.2) is 0 Å². The molecule has 0 aromatic heterocycles. The Morgan fingerprint density at radius 1 is 1.06 bits per heavy atom. The summed E-state index contributed by atoms with van der Waals surface area (Å²) >= 11 is 0. The Hall–Kier alpha value is -0.900. The van der Waals surface area contributed by atoms with Gasteiger partial charge in [-0.2, -0.15) is 0 Å². The van der Waals surface area contributed by atoms with Gasteiger partial charge in [-0.05, 0) is 12.5 Å². The minimum atomic E-state index is -0.212. The maximum Gasteiger partial charge on any atom is 0.0639 e. The molecule has 1 aliphatic rings. The summed E-state index contributed by atoms with van der Waals surface area (Å²) in [5, 5.41) is 9.35. The number of rotatable bonds is 4. The summed E-state index contributed by atoms with van der Waals surface area (Å²) in [7, 11) is 0. The van der Waals surface area contributed by atoms with Gasteiger partial charge in [0.1, 0.15) is 0 Å². The number of hydrogen-bond acceptors (Lipinski definition) is 3. The number of piperazine rings is 1. The van der Waals surface area contributed by atoms with Crippen molar-refractivity contribution in [3.63, 3.8) is 0 Å². The van der Waals surface area contributed by atoms with Crippen LogP contribution in [0.2, 0.25) is 0 Å². The van der Waals surface area contributed by atoms with Crippen LogP contribution in [0, 0.1) is 0 Å². The fourth-order valence-corrected chi connectivity index (χ4v) is 2.35. The molecule has 0 saturated carbocycles. The highest BCUT2D eigenvalue weighted by molar-refractivity contribution is 5.14. The summed E-state index contributed by atoms with van der Waals surface area (Å²) in [6.07, 6.45) is -0.212. The summed E-state index contributed by atoms with van der Waals surface area (Å²) in [5.41, 5.74) is 1.39. The summed E-state index contributed by atoms with van der Waals surface area (Å²) < 4.78 is 0. The summed E-state index contributed by atoms with van der Waals surface area (Å²) in [5.74, 6) is 0. The van der Waals surface area contributed by atoms with Crippen molar-refractivity contribution in [2.75, 3.05) is 32.7 Å². The lowest BCUT2D eigenvalue weighted by Gasteiger charge is -2.35. The lowest BCUT2D eigenvalue weighted by Crippen LogP contribution is -2.47. The Kier molecular flexibility index (Phi) is 4.54. The Bertz CT molecular complexity index is 318. The van der Waals surface area contributed by atoms with Crippen molar-refractivity contribution in [1.82, 2.24) is 9.80 Å². The number of aliphatic hydroxyl groups excluding tert-OH is 1. The number of benzene rings is 1. The largest absolute Gasteiger partial charge is 0.392 e. The molecule has 0 aliphatic carbocycles. The predicted molar refractivity (Wildman–Crippen MR) is 69.8 cm³/mol. The van der Waals surface area contributed by atoms with Crippen molar-refractivity contribution >= 4 is 0 Å². The van der Waals surface area contributed by atoms with Crippen molar-refractivity contribution in [3.05, 3.63) is 35.9 Å². The van der Waals surface area contributed by atoms with Crippen LogP contribution in [0.1, 0.15) is 12.5 Å². The van der Waals surface area contributed by atoms with E-state index in [-0.39, 0.29) is 6.10 Å². The number of hydrogen-bond donors (Lipinski definition) is 1. The molecule has 1 fully saturated rings. The van der Waals surface area contributed by atoms with Crippen molar-refractivity contribution in [2.45, 2.75) is 19.6 Å². The molecular formula is C14H22N2O. The van der Waals surface area contributed by atoms with Crippen molar-refractivity contribution in [2.24, 2.45) is 0 Å². The molecule has 1 aromatic rings. The molecule has 1 saturated heterocycles. The van der Waals surface area contributed by atoms with Gasteiger partial charge in [0, 0.05) is 39.3 Å². The average molecular weight is 234 g/mol. The summed E-state index contributed by atoms with van der Waals surface area (Å²) in [4.78, 5) is 4.82. The second-order valence-corrected chi connectivity index (χ2v) is 4.91. The van der Waals surface area contributed by atoms with E-state index in [9.17, 15) is 5.11 Å². The molecule has 2 rings (SSSR count). The van der Waals surface area contributed by atoms with Gasteiger partial charge in [0.05, 0.1) is 6.10 Å². The monoisotopic (exact) mass is 234 g/mol. The van der Waals surface area contributed by atoms with Crippen LogP contribution in [0.15, 0.2) is 30.3 Å². The molecule has 1 N–H and O–H groups in total. The third-order valence-corrected chi connectivity index (χ3v) is 3.24. The maximum absolute atomic E-state index is 9.35. The number of β-amino-alcohol motifs (C(OH)–C–C–N with tert-alkyl or cyclic N) is 1. The average Bonchev–Trinajstić information content (AvgIpc) is 2.32. The van der Waals surface area contributed by atoms with Crippen LogP contribution in [-0.2, 0) is 6.54 Å². The number of aliphatic hydroxyl groups is 1. The van der Waals surface area contributed by atoms with Crippen LogP contribution < -0.4 is 0 Å². The van der Waals surface area contributed by atoms with E-state index in [4.69, 9.17) is 0 Å². The second-order valence-electron chi connectivity index (χ2n) is 4.91. The van der Waals surface area contributed by atoms with E-state index in [0.717, 1.165) is 39.3 Å². The third-order valence-electron chi connectivity index (χ3n) is 3.24. The molecule has 0 bridgehead atoms. The molecule has 17 heavy (non-hydrogen) atoms. The van der Waals surface area contributed by atoms with Crippen LogP contribution >= 0.6 is 0 Å². The van der Waals surface area contributed by atoms with Crippen molar-refractivity contribution in [3.8, 4) is 0 Å². The fraction of sp³-hybridized carbons (Fsp3) is 0.571. The van der Waals surface area contributed by atoms with Crippen molar-refractivity contribution in [1.29, 1.82) is 0 Å². The zero-order chi connectivity index (χ0) is 12.1. The fourth-order valence-electron chi connectivity index (χ4n) is 2.35. The van der Waals surface area contributed by atoms with E-state index in [0.29, 0.717) is 0 Å². The Morgan fingerprint density at radius 2 is 1.65 bits per heavy atom. The van der Waals surface area contributed by atoms with E-state index in [1.54, 1.807) is 0 Å². The van der Waals surface area contributed by atoms with Crippen LogP contribution in [0.4, 0.5) is 0 Å². The summed E-state index contributed by atoms with van der Waals surface area (Å²) in [6.45, 7) is 8.04. The van der Waals surface area contributed by atoms with Gasteiger partial charge in [-0.15, -0.1) is 0 Å². The van der Waals surface area contributed by atoms with Gasteiger partial charge < -0.3 is 5.11 Å². The van der Waals surface area contributed by atoms with Crippen LogP contribution in [0.5, 0.6) is 0 Å². The molecule has 94 valence electrons. The highest BCUT2D eigenvalue weighted by atomic mass is 16.3. The standard InChI is InChI=1S/C14H22N2O/c1-13(17)11-15-7-9-16(10-8-15)12-14-5-3-2-4-6-14/h2-6,13,17H,7-12H2,1H3/t13-/m0/s1. The molecule has 1 aliphatic heterocycles. The zero-order valence-electron chi connectivity index (χ0n) is 10.5. The highest BCUT2D eigenvalue weighted by Gasteiger charge is 2.17. The van der Waals surface area contributed by atoms with E-state index >= 15 is 0 Å². The maximum atomic E-state index is 9.35. The quantitative estimate of drug-likeness (QED) is 0.847. The molecule has 0 spiro atoms. The van der Waals surface area contributed by atoms with Crippen LogP contribution in [-0.4, -0.2) is 53.7 Å². The lowest BCUT2D eigenvalue weighted by molar-refractivity contribution is 0.0781. The molecule has 1 atom stereocenters. The Labute approximate surface area is 104 Å². The second kappa shape index (κ2) is 6.15. The molecular weight excluding hydrogens is 212 g/mol. The normalized spacial score (nSPS) is 20.4. The van der Waals surface area contributed by atoms with E-state index in [1.807, 2.05) is 6.92 Å². The molecule has 1 aromatic carbocycles. The van der Waals surface area contributed by atoms with Gasteiger partial charge in [-0.1, -0.05) is 30.3 Å². The minimum absolute atomic E-state index is 0.212. The SMILES string of the molecule is C[C@H](O)CN1CCN(Cc2ccccc2)CC1. The smallest absolute Gasteiger partial charge is 0.0639 e. The van der Waals surface area contributed by atoms with Gasteiger partial charge in [-0.3, -0.25) is 9.80 Å². The molecule has 0 radical (unpaired) electrons. The molecule has 0 amide bonds. The first-order valence-corrected chi connectivity index (χ1v) is 6.41. The van der Waals surface area contributed by atoms with Gasteiger partial charge in [0.2, 0.25) is 0 Å². The lowest BCUT2D eigenvalue weighted by atomic mass is 10.2. The van der Waals surface area contributed by atoms with E-state index in [1.165, 1.54) is 5.56 Å². The molecule has 3 nitrogen and oxygen atoms in total. The first kappa shape index (κ1) is 12.6. The molecule has 1 heterocycles. The third kappa shape index (κ3) is 4.11. The van der Waals surface area contributed by atoms with Gasteiger partial charge in [0.15, 0.2) is 0 Å². The Morgan fingerprint density at radius 3 is 2.24 bits per heavy atom. The van der Waals surface area contributed by atoms with E-state index < -0.39 is 0 Å². The minimum Gasteiger partial charge on any atom is -0.392 e. The van der Waals surface area contributed by atoms with E-state index in [2.05, 4.69) is 40.1 Å². The highest BCUT2D eigenvalue weighted by Crippen LogP contribution is 2.08. The number of nitrogens with zero attached hydrogens (tertiary/aromatic N) is 2. The first-order chi connectivity index (χ1) is 8.24. The topological polar surface area (TPSA) is 26.7 Å². The van der Waals surface area contributed by atoms with Crippen molar-refractivity contribution < 1.29 is 5.11 Å². The van der Waals surface area contributed by atoms with Gasteiger partial charge in [0.25, 0.3) is 0 Å². The van der Waals surface area contributed by atoms with Crippen LogP contribution in [0.25, 0.3) is 0 Å². The van der Waals surface area contributed by atoms with Gasteiger partial charge >= 0.3 is 0 Å². The Balaban J connectivity index is 1.76. The predicted octanol–water partition coefficient (Wildman–Crippen LogP) is 1.18. The molecule has 3 heteroatoms. The van der Waals surface area contributed by atoms with Crippen LogP contribution in [0.3, 0.4) is 0 Å². The molecule has 0 unspecified atom stereocenters. The zero-order valence-corrected chi connectivity index (χ0v) is 10.5. The first-order valence-electron chi connectivity index (χ1n) is 6.41.